The molecule has 0 unspecified atom stereocenters. The van der Waals surface area contributed by atoms with Gasteiger partial charge in [-0.05, 0) is 66.1 Å². The number of anilines is 4. The highest BCUT2D eigenvalue weighted by atomic mass is 16.5. The third-order valence-electron chi connectivity index (χ3n) is 8.54. The standard InChI is InChI=1S/C35H45N5O3/c1-24(2)27-11-10-12-28(25(3)4)33(27)37-35(42)36-26-15-16-30(29(23-26)34(41)40-17-8-9-18-40)38-19-21-39(22-20-38)31-13-6-7-14-32(31)43-5/h6-7,10-16,23-25H,8-9,17-22H2,1-5H3,(H2,36,37,42). The summed E-state index contributed by atoms with van der Waals surface area (Å²) in [4.78, 5) is 33.7. The highest BCUT2D eigenvalue weighted by molar-refractivity contribution is 6.04. The number of nitrogens with one attached hydrogen (secondary N) is 2. The second-order valence-electron chi connectivity index (χ2n) is 12.1. The third-order valence-corrected chi connectivity index (χ3v) is 8.54. The van der Waals surface area contributed by atoms with E-state index >= 15 is 0 Å². The van der Waals surface area contributed by atoms with Crippen molar-refractivity contribution in [3.8, 4) is 5.75 Å². The maximum absolute atomic E-state index is 13.8. The topological polar surface area (TPSA) is 77.1 Å². The Morgan fingerprint density at radius 3 is 1.93 bits per heavy atom. The second kappa shape index (κ2) is 13.4. The summed E-state index contributed by atoms with van der Waals surface area (Å²) in [6.45, 7) is 13.2. The molecule has 228 valence electrons. The zero-order valence-electron chi connectivity index (χ0n) is 26.2. The molecule has 0 radical (unpaired) electrons. The van der Waals surface area contributed by atoms with Crippen molar-refractivity contribution in [2.45, 2.75) is 52.4 Å². The Labute approximate surface area is 256 Å². The molecule has 0 aromatic heterocycles. The highest BCUT2D eigenvalue weighted by Crippen LogP contribution is 2.34. The summed E-state index contributed by atoms with van der Waals surface area (Å²) in [5.74, 6) is 1.42. The fraction of sp³-hybridized carbons (Fsp3) is 0.429. The monoisotopic (exact) mass is 583 g/mol. The molecule has 3 aromatic carbocycles. The van der Waals surface area contributed by atoms with Gasteiger partial charge in [-0.25, -0.2) is 4.79 Å². The molecule has 3 amide bonds. The Morgan fingerprint density at radius 1 is 0.721 bits per heavy atom. The first-order valence-electron chi connectivity index (χ1n) is 15.5. The minimum absolute atomic E-state index is 0.0240. The lowest BCUT2D eigenvalue weighted by Crippen LogP contribution is -2.47. The van der Waals surface area contributed by atoms with Crippen LogP contribution in [0.3, 0.4) is 0 Å². The molecule has 2 aliphatic heterocycles. The summed E-state index contributed by atoms with van der Waals surface area (Å²) in [6, 6.07) is 19.7. The van der Waals surface area contributed by atoms with Crippen LogP contribution in [-0.2, 0) is 0 Å². The number of likely N-dealkylation sites (tertiary alicyclic amines) is 1. The second-order valence-corrected chi connectivity index (χ2v) is 12.1. The number of carbonyl (C=O) groups excluding carboxylic acids is 2. The smallest absolute Gasteiger partial charge is 0.323 e. The van der Waals surface area contributed by atoms with E-state index < -0.39 is 0 Å². The van der Waals surface area contributed by atoms with Crippen molar-refractivity contribution in [3.63, 3.8) is 0 Å². The number of hydrogen-bond acceptors (Lipinski definition) is 5. The number of carbonyl (C=O) groups is 2. The van der Waals surface area contributed by atoms with Gasteiger partial charge in [0, 0.05) is 56.3 Å². The molecule has 8 heteroatoms. The van der Waals surface area contributed by atoms with Gasteiger partial charge in [0.1, 0.15) is 5.75 Å². The zero-order chi connectivity index (χ0) is 30.5. The van der Waals surface area contributed by atoms with E-state index in [9.17, 15) is 9.59 Å². The van der Waals surface area contributed by atoms with Crippen molar-refractivity contribution in [1.82, 2.24) is 4.90 Å². The van der Waals surface area contributed by atoms with Crippen LogP contribution in [0.25, 0.3) is 0 Å². The van der Waals surface area contributed by atoms with Crippen molar-refractivity contribution in [2.24, 2.45) is 0 Å². The lowest BCUT2D eigenvalue weighted by atomic mass is 9.93. The first-order chi connectivity index (χ1) is 20.8. The normalized spacial score (nSPS) is 15.3. The van der Waals surface area contributed by atoms with Crippen molar-refractivity contribution < 1.29 is 14.3 Å². The van der Waals surface area contributed by atoms with Crippen molar-refractivity contribution in [1.29, 1.82) is 0 Å². The van der Waals surface area contributed by atoms with Gasteiger partial charge in [-0.3, -0.25) is 4.79 Å². The summed E-state index contributed by atoms with van der Waals surface area (Å²) in [5, 5.41) is 6.15. The molecule has 5 rings (SSSR count). The maximum atomic E-state index is 13.8. The van der Waals surface area contributed by atoms with Crippen LogP contribution in [0, 0.1) is 0 Å². The quantitative estimate of drug-likeness (QED) is 0.295. The van der Waals surface area contributed by atoms with E-state index in [1.165, 1.54) is 0 Å². The molecule has 8 nitrogen and oxygen atoms in total. The number of rotatable bonds is 8. The van der Waals surface area contributed by atoms with Gasteiger partial charge in [-0.2, -0.15) is 0 Å². The lowest BCUT2D eigenvalue weighted by molar-refractivity contribution is 0.0793. The molecule has 43 heavy (non-hydrogen) atoms. The summed E-state index contributed by atoms with van der Waals surface area (Å²) in [5.41, 5.74) is 6.31. The van der Waals surface area contributed by atoms with Crippen LogP contribution in [0.2, 0.25) is 0 Å². The Hall–Kier alpha value is -4.20. The number of ether oxygens (including phenoxy) is 1. The van der Waals surface area contributed by atoms with Gasteiger partial charge in [0.05, 0.1) is 18.4 Å². The molecule has 0 spiro atoms. The molecule has 0 bridgehead atoms. The van der Waals surface area contributed by atoms with Gasteiger partial charge in [-0.15, -0.1) is 0 Å². The molecule has 0 saturated carbocycles. The summed E-state index contributed by atoms with van der Waals surface area (Å²) >= 11 is 0. The minimum atomic E-state index is -0.312. The van der Waals surface area contributed by atoms with Gasteiger partial charge >= 0.3 is 6.03 Å². The van der Waals surface area contributed by atoms with Crippen LogP contribution in [0.15, 0.2) is 60.7 Å². The SMILES string of the molecule is COc1ccccc1N1CCN(c2ccc(NC(=O)Nc3c(C(C)C)cccc3C(C)C)cc2C(=O)N2CCCC2)CC1. The van der Waals surface area contributed by atoms with Gasteiger partial charge < -0.3 is 30.1 Å². The summed E-state index contributed by atoms with van der Waals surface area (Å²) < 4.78 is 5.59. The van der Waals surface area contributed by atoms with Crippen molar-refractivity contribution in [3.05, 3.63) is 77.4 Å². The van der Waals surface area contributed by atoms with Crippen molar-refractivity contribution >= 4 is 34.7 Å². The molecule has 3 aromatic rings. The number of benzene rings is 3. The third kappa shape index (κ3) is 6.74. The number of piperazine rings is 1. The van der Waals surface area contributed by atoms with E-state index in [1.807, 2.05) is 41.3 Å². The first kappa shape index (κ1) is 30.3. The fourth-order valence-electron chi connectivity index (χ4n) is 6.20. The number of para-hydroxylation sites is 3. The first-order valence-corrected chi connectivity index (χ1v) is 15.5. The van der Waals surface area contributed by atoms with Crippen LogP contribution < -0.4 is 25.2 Å². The molecule has 2 saturated heterocycles. The molecule has 2 fully saturated rings. The van der Waals surface area contributed by atoms with Gasteiger partial charge in [0.2, 0.25) is 0 Å². The summed E-state index contributed by atoms with van der Waals surface area (Å²) in [6.07, 6.45) is 2.04. The van der Waals surface area contributed by atoms with E-state index in [2.05, 4.69) is 72.4 Å². The number of nitrogens with zero attached hydrogens (tertiary/aromatic N) is 3. The van der Waals surface area contributed by atoms with E-state index in [4.69, 9.17) is 4.74 Å². The molecule has 0 atom stereocenters. The average Bonchev–Trinajstić information content (AvgIpc) is 3.56. The lowest BCUT2D eigenvalue weighted by Gasteiger charge is -2.38. The van der Waals surface area contributed by atoms with Crippen LogP contribution in [0.1, 0.15) is 73.9 Å². The van der Waals surface area contributed by atoms with Gasteiger partial charge in [0.15, 0.2) is 0 Å². The maximum Gasteiger partial charge on any atom is 0.323 e. The predicted octanol–water partition coefficient (Wildman–Crippen LogP) is 7.15. The summed E-state index contributed by atoms with van der Waals surface area (Å²) in [7, 11) is 1.70. The predicted molar refractivity (Wildman–Crippen MR) is 176 cm³/mol. The van der Waals surface area contributed by atoms with Crippen molar-refractivity contribution in [2.75, 3.05) is 66.8 Å². The Balaban J connectivity index is 1.37. The minimum Gasteiger partial charge on any atom is -0.495 e. The molecule has 2 heterocycles. The van der Waals surface area contributed by atoms with E-state index in [0.29, 0.717) is 11.3 Å². The number of hydrogen-bond donors (Lipinski definition) is 2. The number of amides is 3. The molecular weight excluding hydrogens is 538 g/mol. The van der Waals surface area contributed by atoms with Crippen LogP contribution >= 0.6 is 0 Å². The Morgan fingerprint density at radius 2 is 1.33 bits per heavy atom. The Kier molecular flexibility index (Phi) is 9.43. The van der Waals surface area contributed by atoms with Gasteiger partial charge in [-0.1, -0.05) is 58.0 Å². The molecule has 0 aliphatic carbocycles. The fourth-order valence-corrected chi connectivity index (χ4v) is 6.20. The molecule has 2 aliphatic rings. The van der Waals surface area contributed by atoms with E-state index in [0.717, 1.165) is 86.0 Å². The van der Waals surface area contributed by atoms with Crippen LogP contribution in [0.5, 0.6) is 5.75 Å². The number of methoxy groups -OCH3 is 1. The highest BCUT2D eigenvalue weighted by Gasteiger charge is 2.27. The zero-order valence-corrected chi connectivity index (χ0v) is 26.2. The molecular formula is C35H45N5O3. The molecule has 2 N–H and O–H groups in total. The van der Waals surface area contributed by atoms with Crippen LogP contribution in [0.4, 0.5) is 27.5 Å². The van der Waals surface area contributed by atoms with E-state index in [-0.39, 0.29) is 23.8 Å². The largest absolute Gasteiger partial charge is 0.495 e. The Bertz CT molecular complexity index is 1410. The van der Waals surface area contributed by atoms with Crippen LogP contribution in [-0.4, -0.2) is 63.2 Å². The average molecular weight is 584 g/mol. The number of urea groups is 1. The van der Waals surface area contributed by atoms with E-state index in [1.54, 1.807) is 7.11 Å². The van der Waals surface area contributed by atoms with Gasteiger partial charge in [0.25, 0.3) is 5.91 Å².